The Balaban J connectivity index is 1.81. The number of likely N-dealkylation sites (tertiary alicyclic amines) is 1. The average molecular weight is 360 g/mol. The Morgan fingerprint density at radius 1 is 1.50 bits per heavy atom. The topological polar surface area (TPSA) is 20.3 Å². The van der Waals surface area contributed by atoms with Crippen molar-refractivity contribution in [2.75, 3.05) is 12.3 Å². The van der Waals surface area contributed by atoms with Gasteiger partial charge in [-0.3, -0.25) is 4.79 Å². The Bertz CT molecular complexity index is 483. The lowest BCUT2D eigenvalue weighted by Gasteiger charge is -2.33. The van der Waals surface area contributed by atoms with Crippen molar-refractivity contribution in [1.82, 2.24) is 4.90 Å². The number of benzene rings is 1. The molecule has 0 saturated carbocycles. The summed E-state index contributed by atoms with van der Waals surface area (Å²) < 4.78 is 13.8. The molecule has 1 aromatic carbocycles. The zero-order valence-electron chi connectivity index (χ0n) is 11.6. The maximum Gasteiger partial charge on any atom is 0.232 e. The van der Waals surface area contributed by atoms with Crippen LogP contribution in [0.5, 0.6) is 0 Å². The van der Waals surface area contributed by atoms with Gasteiger partial charge in [-0.25, -0.2) is 4.39 Å². The third kappa shape index (κ3) is 4.22. The number of nitrogens with zero attached hydrogens (tertiary/aromatic N) is 1. The van der Waals surface area contributed by atoms with Gasteiger partial charge in [-0.2, -0.15) is 0 Å². The molecule has 1 fully saturated rings. The summed E-state index contributed by atoms with van der Waals surface area (Å²) in [5.74, 6) is 1.19. The van der Waals surface area contributed by atoms with Crippen LogP contribution in [0, 0.1) is 5.82 Å². The molecule has 1 aliphatic heterocycles. The van der Waals surface area contributed by atoms with Crippen LogP contribution in [0.15, 0.2) is 22.7 Å². The molecule has 2 nitrogen and oxygen atoms in total. The van der Waals surface area contributed by atoms with Gasteiger partial charge in [0.1, 0.15) is 5.82 Å². The van der Waals surface area contributed by atoms with E-state index in [4.69, 9.17) is 0 Å². The molecular formula is C15H19BrFNOS. The summed E-state index contributed by atoms with van der Waals surface area (Å²) in [7, 11) is 0. The van der Waals surface area contributed by atoms with Gasteiger partial charge in [0.2, 0.25) is 5.91 Å². The van der Waals surface area contributed by atoms with Gasteiger partial charge < -0.3 is 4.90 Å². The van der Waals surface area contributed by atoms with Gasteiger partial charge in [0.25, 0.3) is 0 Å². The highest BCUT2D eigenvalue weighted by Gasteiger charge is 2.22. The van der Waals surface area contributed by atoms with E-state index in [1.807, 2.05) is 4.90 Å². The van der Waals surface area contributed by atoms with Crippen LogP contribution in [-0.2, 0) is 10.5 Å². The standard InChI is InChI=1S/C15H19BrFNOS/c1-11-4-2-3-7-18(11)15(19)10-20-9-12-5-6-13(17)8-14(12)16/h5-6,8,11H,2-4,7,9-10H2,1H3. The van der Waals surface area contributed by atoms with Gasteiger partial charge in [0.05, 0.1) is 5.75 Å². The second kappa shape index (κ2) is 7.46. The quantitative estimate of drug-likeness (QED) is 0.801. The van der Waals surface area contributed by atoms with Crippen molar-refractivity contribution in [3.8, 4) is 0 Å². The molecule has 0 radical (unpaired) electrons. The molecule has 1 aliphatic rings. The summed E-state index contributed by atoms with van der Waals surface area (Å²) in [5, 5.41) is 0. The molecule has 0 aromatic heterocycles. The number of amides is 1. The van der Waals surface area contributed by atoms with E-state index in [2.05, 4.69) is 22.9 Å². The van der Waals surface area contributed by atoms with Gasteiger partial charge in [-0.15, -0.1) is 11.8 Å². The van der Waals surface area contributed by atoms with Crippen LogP contribution in [0.4, 0.5) is 4.39 Å². The zero-order valence-corrected chi connectivity index (χ0v) is 14.0. The maximum absolute atomic E-state index is 13.0. The third-order valence-electron chi connectivity index (χ3n) is 3.62. The van der Waals surface area contributed by atoms with E-state index in [-0.39, 0.29) is 11.7 Å². The summed E-state index contributed by atoms with van der Waals surface area (Å²) in [6.45, 7) is 3.01. The smallest absolute Gasteiger partial charge is 0.232 e. The van der Waals surface area contributed by atoms with E-state index >= 15 is 0 Å². The number of rotatable bonds is 4. The highest BCUT2D eigenvalue weighted by atomic mass is 79.9. The maximum atomic E-state index is 13.0. The van der Waals surface area contributed by atoms with Crippen molar-refractivity contribution >= 4 is 33.6 Å². The van der Waals surface area contributed by atoms with Crippen molar-refractivity contribution in [3.05, 3.63) is 34.1 Å². The molecular weight excluding hydrogens is 341 g/mol. The molecule has 1 amide bonds. The minimum atomic E-state index is -0.246. The monoisotopic (exact) mass is 359 g/mol. The second-order valence-electron chi connectivity index (χ2n) is 5.16. The van der Waals surface area contributed by atoms with E-state index in [0.29, 0.717) is 11.8 Å². The highest BCUT2D eigenvalue weighted by molar-refractivity contribution is 9.10. The minimum Gasteiger partial charge on any atom is -0.339 e. The molecule has 0 aliphatic carbocycles. The molecule has 1 atom stereocenters. The lowest BCUT2D eigenvalue weighted by molar-refractivity contribution is -0.131. The van der Waals surface area contributed by atoms with Crippen LogP contribution in [0.1, 0.15) is 31.7 Å². The van der Waals surface area contributed by atoms with Crippen molar-refractivity contribution < 1.29 is 9.18 Å². The summed E-state index contributed by atoms with van der Waals surface area (Å²) in [6.07, 6.45) is 3.45. The van der Waals surface area contributed by atoms with Crippen molar-refractivity contribution in [3.63, 3.8) is 0 Å². The minimum absolute atomic E-state index is 0.223. The van der Waals surface area contributed by atoms with Gasteiger partial charge in [-0.1, -0.05) is 22.0 Å². The summed E-state index contributed by atoms with van der Waals surface area (Å²) in [6, 6.07) is 5.05. The molecule has 1 unspecified atom stereocenters. The first-order valence-electron chi connectivity index (χ1n) is 6.89. The number of piperidine rings is 1. The Hall–Kier alpha value is -0.550. The summed E-state index contributed by atoms with van der Waals surface area (Å²) in [4.78, 5) is 14.2. The predicted molar refractivity (Wildman–Crippen MR) is 85.3 cm³/mol. The van der Waals surface area contributed by atoms with E-state index in [9.17, 15) is 9.18 Å². The number of hydrogen-bond donors (Lipinski definition) is 0. The molecule has 0 N–H and O–H groups in total. The van der Waals surface area contributed by atoms with E-state index in [1.54, 1.807) is 17.8 Å². The first-order valence-corrected chi connectivity index (χ1v) is 8.84. The van der Waals surface area contributed by atoms with Crippen LogP contribution in [-0.4, -0.2) is 29.1 Å². The average Bonchev–Trinajstić information content (AvgIpc) is 2.41. The third-order valence-corrected chi connectivity index (χ3v) is 5.33. The molecule has 0 spiro atoms. The highest BCUT2D eigenvalue weighted by Crippen LogP contribution is 2.24. The Morgan fingerprint density at radius 2 is 2.30 bits per heavy atom. The van der Waals surface area contributed by atoms with Gasteiger partial charge in [-0.05, 0) is 43.9 Å². The fraction of sp³-hybridized carbons (Fsp3) is 0.533. The molecule has 1 saturated heterocycles. The second-order valence-corrected chi connectivity index (χ2v) is 7.00. The van der Waals surface area contributed by atoms with E-state index < -0.39 is 0 Å². The predicted octanol–water partition coefficient (Wildman–Crippen LogP) is 4.22. The van der Waals surface area contributed by atoms with Gasteiger partial charge in [0, 0.05) is 22.8 Å². The SMILES string of the molecule is CC1CCCCN1C(=O)CSCc1ccc(F)cc1Br. The van der Waals surface area contributed by atoms with Crippen LogP contribution in [0.2, 0.25) is 0 Å². The largest absolute Gasteiger partial charge is 0.339 e. The van der Waals surface area contributed by atoms with Crippen LogP contribution >= 0.6 is 27.7 Å². The van der Waals surface area contributed by atoms with Crippen LogP contribution < -0.4 is 0 Å². The van der Waals surface area contributed by atoms with Gasteiger partial charge in [0.15, 0.2) is 0 Å². The molecule has 2 rings (SSSR count). The number of carbonyl (C=O) groups is 1. The fourth-order valence-electron chi connectivity index (χ4n) is 2.44. The molecule has 110 valence electrons. The molecule has 20 heavy (non-hydrogen) atoms. The molecule has 1 aromatic rings. The number of halogens is 2. The first kappa shape index (κ1) is 15.8. The first-order chi connectivity index (χ1) is 9.58. The van der Waals surface area contributed by atoms with Crippen molar-refractivity contribution in [2.24, 2.45) is 0 Å². The summed E-state index contributed by atoms with van der Waals surface area (Å²) in [5.41, 5.74) is 1.02. The van der Waals surface area contributed by atoms with E-state index in [1.165, 1.54) is 18.6 Å². The molecule has 0 bridgehead atoms. The number of carbonyl (C=O) groups excluding carboxylic acids is 1. The van der Waals surface area contributed by atoms with Crippen molar-refractivity contribution in [2.45, 2.75) is 38.0 Å². The van der Waals surface area contributed by atoms with Crippen LogP contribution in [0.3, 0.4) is 0 Å². The van der Waals surface area contributed by atoms with Crippen LogP contribution in [0.25, 0.3) is 0 Å². The fourth-order valence-corrected chi connectivity index (χ4v) is 4.03. The lowest BCUT2D eigenvalue weighted by Crippen LogP contribution is -2.42. The van der Waals surface area contributed by atoms with Crippen molar-refractivity contribution in [1.29, 1.82) is 0 Å². The zero-order chi connectivity index (χ0) is 14.5. The summed E-state index contributed by atoms with van der Waals surface area (Å²) >= 11 is 4.94. The van der Waals surface area contributed by atoms with Gasteiger partial charge >= 0.3 is 0 Å². The molecule has 1 heterocycles. The number of thioether (sulfide) groups is 1. The van der Waals surface area contributed by atoms with E-state index in [0.717, 1.165) is 35.2 Å². The molecule has 5 heteroatoms. The Labute approximate surface area is 132 Å². The Kier molecular flexibility index (Phi) is 5.90. The number of hydrogen-bond acceptors (Lipinski definition) is 2. The lowest BCUT2D eigenvalue weighted by atomic mass is 10.0. The normalized spacial score (nSPS) is 19.1. The Morgan fingerprint density at radius 3 is 3.00 bits per heavy atom.